The summed E-state index contributed by atoms with van der Waals surface area (Å²) in [6.45, 7) is 0. The first kappa shape index (κ1) is 18.1. The number of non-ortho nitro benzene ring substituents is 1. The van der Waals surface area contributed by atoms with Gasteiger partial charge in [-0.3, -0.25) is 14.9 Å². The van der Waals surface area contributed by atoms with E-state index < -0.39 is 4.92 Å². The summed E-state index contributed by atoms with van der Waals surface area (Å²) in [7, 11) is 1.48. The molecule has 0 saturated heterocycles. The van der Waals surface area contributed by atoms with E-state index in [0.717, 1.165) is 11.0 Å². The van der Waals surface area contributed by atoms with Crippen LogP contribution in [0, 0.1) is 10.1 Å². The fourth-order valence-corrected chi connectivity index (χ4v) is 4.29. The number of methoxy groups -OCH3 is 1. The number of nitro benzene ring substituents is 1. The lowest BCUT2D eigenvalue weighted by atomic mass is 10.1. The molecule has 5 aromatic rings. The minimum Gasteiger partial charge on any atom is -0.496 e. The van der Waals surface area contributed by atoms with Crippen LogP contribution in [0.4, 0.5) is 5.69 Å². The quantitative estimate of drug-likeness (QED) is 0.326. The van der Waals surface area contributed by atoms with Gasteiger partial charge in [-0.15, -0.1) is 0 Å². The third-order valence-electron chi connectivity index (χ3n) is 4.70. The van der Waals surface area contributed by atoms with E-state index in [4.69, 9.17) is 9.15 Å². The van der Waals surface area contributed by atoms with Gasteiger partial charge in [0, 0.05) is 18.2 Å². The van der Waals surface area contributed by atoms with Crippen LogP contribution >= 0.6 is 11.3 Å². The Morgan fingerprint density at radius 3 is 2.83 bits per heavy atom. The van der Waals surface area contributed by atoms with Gasteiger partial charge in [0.2, 0.25) is 0 Å². The molecule has 3 aromatic heterocycles. The van der Waals surface area contributed by atoms with Gasteiger partial charge in [0.05, 0.1) is 28.6 Å². The van der Waals surface area contributed by atoms with Crippen LogP contribution in [0.3, 0.4) is 0 Å². The fraction of sp³-hybridized carbons (Fsp3) is 0.0476. The van der Waals surface area contributed by atoms with Gasteiger partial charge >= 0.3 is 0 Å². The molecule has 148 valence electrons. The molecule has 0 saturated carbocycles. The number of thiazole rings is 1. The van der Waals surface area contributed by atoms with Crippen molar-refractivity contribution in [1.82, 2.24) is 9.38 Å². The summed E-state index contributed by atoms with van der Waals surface area (Å²) < 4.78 is 13.2. The van der Waals surface area contributed by atoms with Crippen LogP contribution in [0.1, 0.15) is 5.76 Å². The van der Waals surface area contributed by atoms with Crippen LogP contribution in [0.25, 0.3) is 33.4 Å². The zero-order chi connectivity index (χ0) is 20.8. The summed E-state index contributed by atoms with van der Waals surface area (Å²) in [4.78, 5) is 28.6. The average molecular weight is 419 g/mol. The van der Waals surface area contributed by atoms with Crippen molar-refractivity contribution in [3.05, 3.63) is 85.4 Å². The lowest BCUT2D eigenvalue weighted by Gasteiger charge is -2.05. The second-order valence-electron chi connectivity index (χ2n) is 6.48. The van der Waals surface area contributed by atoms with E-state index in [1.54, 1.807) is 22.6 Å². The molecular weight excluding hydrogens is 406 g/mol. The Balaban J connectivity index is 1.61. The summed E-state index contributed by atoms with van der Waals surface area (Å²) in [5.41, 5.74) is 1.75. The highest BCUT2D eigenvalue weighted by Crippen LogP contribution is 2.34. The summed E-state index contributed by atoms with van der Waals surface area (Å²) in [5.74, 6) is 1.30. The molecule has 0 atom stereocenters. The predicted molar refractivity (Wildman–Crippen MR) is 113 cm³/mol. The number of para-hydroxylation sites is 2. The first-order valence-electron chi connectivity index (χ1n) is 8.89. The van der Waals surface area contributed by atoms with Crippen molar-refractivity contribution in [2.75, 3.05) is 7.11 Å². The molecule has 2 aromatic carbocycles. The molecule has 0 amide bonds. The van der Waals surface area contributed by atoms with Crippen molar-refractivity contribution in [2.45, 2.75) is 0 Å². The Morgan fingerprint density at radius 1 is 1.20 bits per heavy atom. The molecule has 3 heterocycles. The number of hydrogen-bond acceptors (Lipinski definition) is 7. The largest absolute Gasteiger partial charge is 0.496 e. The maximum atomic E-state index is 12.9. The van der Waals surface area contributed by atoms with Crippen LogP contribution in [-0.2, 0) is 0 Å². The van der Waals surface area contributed by atoms with Gasteiger partial charge in [-0.05, 0) is 30.3 Å². The van der Waals surface area contributed by atoms with Crippen molar-refractivity contribution >= 4 is 39.1 Å². The van der Waals surface area contributed by atoms with Crippen molar-refractivity contribution in [1.29, 1.82) is 0 Å². The summed E-state index contributed by atoms with van der Waals surface area (Å²) in [6.07, 6.45) is 1.64. The Morgan fingerprint density at radius 2 is 2.03 bits per heavy atom. The van der Waals surface area contributed by atoms with Gasteiger partial charge in [-0.25, -0.2) is 9.38 Å². The van der Waals surface area contributed by atoms with Gasteiger partial charge in [0.15, 0.2) is 4.96 Å². The average Bonchev–Trinajstić information content (AvgIpc) is 3.43. The summed E-state index contributed by atoms with van der Waals surface area (Å²) >= 11 is 1.27. The molecule has 0 radical (unpaired) electrons. The molecule has 5 rings (SSSR count). The van der Waals surface area contributed by atoms with E-state index in [0.29, 0.717) is 32.3 Å². The smallest absolute Gasteiger partial charge is 0.275 e. The number of benzene rings is 2. The molecular formula is C21H13N3O5S. The molecule has 0 N–H and O–H groups in total. The molecule has 9 heteroatoms. The lowest BCUT2D eigenvalue weighted by molar-refractivity contribution is -0.384. The van der Waals surface area contributed by atoms with E-state index in [2.05, 4.69) is 4.98 Å². The number of fused-ring (bicyclic) bond motifs is 3. The molecule has 0 bridgehead atoms. The summed E-state index contributed by atoms with van der Waals surface area (Å²) in [6, 6.07) is 15.1. The number of furan rings is 1. The molecule has 0 aliphatic rings. The van der Waals surface area contributed by atoms with Crippen LogP contribution in [-0.4, -0.2) is 21.4 Å². The lowest BCUT2D eigenvalue weighted by Crippen LogP contribution is -2.22. The second kappa shape index (κ2) is 6.82. The minimum atomic E-state index is -0.478. The number of rotatable bonds is 4. The summed E-state index contributed by atoms with van der Waals surface area (Å²) in [5, 5.41) is 11.1. The number of aromatic nitrogens is 2. The predicted octanol–water partition coefficient (Wildman–Crippen LogP) is 3.63. The first-order valence-corrected chi connectivity index (χ1v) is 9.71. The Labute approximate surface area is 172 Å². The standard InChI is InChI=1S/C21H13N3O5S/c1-28-17-8-6-12(24(26)27)10-14(17)18-9-7-13(29-18)11-19-20(25)23-16-5-3-2-4-15(16)22-21(23)30-19/h2-11H,1H3. The molecule has 30 heavy (non-hydrogen) atoms. The van der Waals surface area contributed by atoms with E-state index in [-0.39, 0.29) is 11.2 Å². The van der Waals surface area contributed by atoms with Crippen LogP contribution in [0.15, 0.2) is 63.8 Å². The second-order valence-corrected chi connectivity index (χ2v) is 7.49. The third kappa shape index (κ3) is 2.83. The van der Waals surface area contributed by atoms with Crippen molar-refractivity contribution in [2.24, 2.45) is 0 Å². The van der Waals surface area contributed by atoms with E-state index in [1.807, 2.05) is 24.3 Å². The highest BCUT2D eigenvalue weighted by Gasteiger charge is 2.16. The third-order valence-corrected chi connectivity index (χ3v) is 5.67. The fourth-order valence-electron chi connectivity index (χ4n) is 3.32. The SMILES string of the molecule is COc1ccc([N+](=O)[O-])cc1-c1ccc(C=c2sc3nc4ccccc4n3c2=O)o1. The normalized spacial score (nSPS) is 12.1. The van der Waals surface area contributed by atoms with E-state index in [9.17, 15) is 14.9 Å². The van der Waals surface area contributed by atoms with Gasteiger partial charge in [-0.1, -0.05) is 23.5 Å². The number of ether oxygens (including phenoxy) is 1. The van der Waals surface area contributed by atoms with Gasteiger partial charge in [0.1, 0.15) is 21.8 Å². The van der Waals surface area contributed by atoms with Gasteiger partial charge in [-0.2, -0.15) is 0 Å². The zero-order valence-electron chi connectivity index (χ0n) is 15.6. The minimum absolute atomic E-state index is 0.0686. The number of hydrogen-bond donors (Lipinski definition) is 0. The van der Waals surface area contributed by atoms with Crippen molar-refractivity contribution in [3.8, 4) is 17.1 Å². The van der Waals surface area contributed by atoms with Gasteiger partial charge in [0.25, 0.3) is 11.2 Å². The van der Waals surface area contributed by atoms with E-state index >= 15 is 0 Å². The highest BCUT2D eigenvalue weighted by atomic mass is 32.1. The molecule has 0 unspecified atom stereocenters. The maximum Gasteiger partial charge on any atom is 0.275 e. The molecule has 0 fully saturated rings. The molecule has 8 nitrogen and oxygen atoms in total. The Kier molecular flexibility index (Phi) is 4.11. The van der Waals surface area contributed by atoms with Crippen molar-refractivity contribution < 1.29 is 14.1 Å². The van der Waals surface area contributed by atoms with Gasteiger partial charge < -0.3 is 9.15 Å². The van der Waals surface area contributed by atoms with Crippen LogP contribution in [0.2, 0.25) is 0 Å². The van der Waals surface area contributed by atoms with Crippen LogP contribution < -0.4 is 14.8 Å². The number of nitro groups is 1. The molecule has 0 aliphatic carbocycles. The Hall–Kier alpha value is -3.98. The number of nitrogens with zero attached hydrogens (tertiary/aromatic N) is 3. The first-order chi connectivity index (χ1) is 14.5. The molecule has 0 spiro atoms. The zero-order valence-corrected chi connectivity index (χ0v) is 16.4. The van der Waals surface area contributed by atoms with Crippen LogP contribution in [0.5, 0.6) is 5.75 Å². The maximum absolute atomic E-state index is 12.9. The Bertz CT molecular complexity index is 1550. The topological polar surface area (TPSA) is 99.9 Å². The number of imidazole rings is 1. The van der Waals surface area contributed by atoms with Crippen molar-refractivity contribution in [3.63, 3.8) is 0 Å². The highest BCUT2D eigenvalue weighted by molar-refractivity contribution is 7.15. The van der Waals surface area contributed by atoms with E-state index in [1.165, 1.54) is 36.6 Å². The monoisotopic (exact) mass is 419 g/mol. The molecule has 0 aliphatic heterocycles.